The van der Waals surface area contributed by atoms with E-state index in [2.05, 4.69) is 39.8 Å². The van der Waals surface area contributed by atoms with E-state index >= 15 is 0 Å². The zero-order chi connectivity index (χ0) is 18.3. The van der Waals surface area contributed by atoms with E-state index in [4.69, 9.17) is 14.2 Å². The van der Waals surface area contributed by atoms with Gasteiger partial charge in [0.05, 0.1) is 6.61 Å². The number of ether oxygens (including phenoxy) is 3. The Kier molecular flexibility index (Phi) is 6.89. The van der Waals surface area contributed by atoms with Gasteiger partial charge in [-0.05, 0) is 46.7 Å². The second-order valence-corrected chi connectivity index (χ2v) is 7.43. The van der Waals surface area contributed by atoms with Crippen molar-refractivity contribution in [3.63, 3.8) is 0 Å². The molecule has 0 radical (unpaired) electrons. The highest BCUT2D eigenvalue weighted by molar-refractivity contribution is 5.30. The van der Waals surface area contributed by atoms with Crippen molar-refractivity contribution in [1.82, 2.24) is 0 Å². The predicted octanol–water partition coefficient (Wildman–Crippen LogP) is 5.44. The van der Waals surface area contributed by atoms with Crippen LogP contribution >= 0.6 is 0 Å². The quantitative estimate of drug-likeness (QED) is 0.598. The molecule has 136 valence electrons. The normalized spacial score (nSPS) is 12.7. The van der Waals surface area contributed by atoms with Crippen molar-refractivity contribution in [3.05, 3.63) is 59.7 Å². The minimum Gasteiger partial charge on any atom is -0.490 e. The van der Waals surface area contributed by atoms with Crippen LogP contribution in [-0.2, 0) is 11.3 Å². The molecule has 2 rings (SSSR count). The second kappa shape index (κ2) is 8.91. The molecule has 2 aromatic rings. The first-order valence-electron chi connectivity index (χ1n) is 8.83. The summed E-state index contributed by atoms with van der Waals surface area (Å²) in [5.74, 6) is 2.23. The summed E-state index contributed by atoms with van der Waals surface area (Å²) in [6.45, 7) is 10.7. The molecule has 0 amide bonds. The number of hydrogen-bond acceptors (Lipinski definition) is 3. The lowest BCUT2D eigenvalue weighted by atomic mass is 9.78. The van der Waals surface area contributed by atoms with Gasteiger partial charge in [-0.15, -0.1) is 0 Å². The van der Waals surface area contributed by atoms with E-state index < -0.39 is 0 Å². The van der Waals surface area contributed by atoms with Gasteiger partial charge in [-0.25, -0.2) is 0 Å². The Bertz CT molecular complexity index is 624. The molecule has 0 spiro atoms. The molecule has 0 aliphatic rings. The van der Waals surface area contributed by atoms with Gasteiger partial charge in [-0.2, -0.15) is 0 Å². The molecule has 2 aromatic carbocycles. The number of rotatable bonds is 8. The van der Waals surface area contributed by atoms with E-state index in [1.807, 2.05) is 36.4 Å². The molecular formula is C22H30O3. The van der Waals surface area contributed by atoms with Crippen LogP contribution in [0, 0.1) is 5.41 Å². The first-order chi connectivity index (χ1) is 11.9. The summed E-state index contributed by atoms with van der Waals surface area (Å²) in [5, 5.41) is 0. The fraction of sp³-hybridized carbons (Fsp3) is 0.455. The van der Waals surface area contributed by atoms with Crippen LogP contribution in [-0.4, -0.2) is 20.3 Å². The van der Waals surface area contributed by atoms with Crippen LogP contribution in [0.3, 0.4) is 0 Å². The molecule has 0 saturated heterocycles. The highest BCUT2D eigenvalue weighted by Gasteiger charge is 2.21. The third-order valence-electron chi connectivity index (χ3n) is 4.53. The van der Waals surface area contributed by atoms with Crippen LogP contribution < -0.4 is 9.47 Å². The predicted molar refractivity (Wildman–Crippen MR) is 102 cm³/mol. The van der Waals surface area contributed by atoms with Crippen molar-refractivity contribution in [2.75, 3.05) is 20.3 Å². The lowest BCUT2D eigenvalue weighted by molar-refractivity contribution is 0.184. The van der Waals surface area contributed by atoms with E-state index in [0.29, 0.717) is 25.7 Å². The molecule has 0 aromatic heterocycles. The maximum Gasteiger partial charge on any atom is 0.122 e. The maximum atomic E-state index is 5.77. The van der Waals surface area contributed by atoms with Crippen LogP contribution in [0.5, 0.6) is 11.5 Å². The maximum absolute atomic E-state index is 5.77. The van der Waals surface area contributed by atoms with Gasteiger partial charge in [0.1, 0.15) is 24.7 Å². The monoisotopic (exact) mass is 342 g/mol. The van der Waals surface area contributed by atoms with Crippen LogP contribution in [0.1, 0.15) is 44.7 Å². The Balaban J connectivity index is 1.76. The highest BCUT2D eigenvalue weighted by atomic mass is 16.5. The van der Waals surface area contributed by atoms with E-state index in [1.54, 1.807) is 7.11 Å². The molecule has 0 bridgehead atoms. The molecule has 25 heavy (non-hydrogen) atoms. The van der Waals surface area contributed by atoms with Crippen LogP contribution in [0.4, 0.5) is 0 Å². The van der Waals surface area contributed by atoms with Gasteiger partial charge in [0, 0.05) is 7.11 Å². The smallest absolute Gasteiger partial charge is 0.122 e. The Morgan fingerprint density at radius 1 is 0.800 bits per heavy atom. The van der Waals surface area contributed by atoms with Gasteiger partial charge in [0.15, 0.2) is 0 Å². The van der Waals surface area contributed by atoms with E-state index in [9.17, 15) is 0 Å². The summed E-state index contributed by atoms with van der Waals surface area (Å²) in [4.78, 5) is 0. The molecule has 0 fully saturated rings. The second-order valence-electron chi connectivity index (χ2n) is 7.43. The largest absolute Gasteiger partial charge is 0.490 e. The molecule has 1 atom stereocenters. The van der Waals surface area contributed by atoms with Gasteiger partial charge in [-0.3, -0.25) is 0 Å². The Morgan fingerprint density at radius 3 is 1.72 bits per heavy atom. The average molecular weight is 342 g/mol. The fourth-order valence-electron chi connectivity index (χ4n) is 2.52. The molecule has 0 N–H and O–H groups in total. The van der Waals surface area contributed by atoms with Crippen molar-refractivity contribution in [1.29, 1.82) is 0 Å². The summed E-state index contributed by atoms with van der Waals surface area (Å²) in [6.07, 6.45) is 0. The number of benzene rings is 2. The van der Waals surface area contributed by atoms with Gasteiger partial charge >= 0.3 is 0 Å². The number of methoxy groups -OCH3 is 1. The zero-order valence-corrected chi connectivity index (χ0v) is 16.0. The highest BCUT2D eigenvalue weighted by Crippen LogP contribution is 2.34. The minimum atomic E-state index is 0.259. The summed E-state index contributed by atoms with van der Waals surface area (Å²) in [5.41, 5.74) is 2.73. The zero-order valence-electron chi connectivity index (χ0n) is 16.0. The molecular weight excluding hydrogens is 312 g/mol. The van der Waals surface area contributed by atoms with E-state index in [0.717, 1.165) is 17.1 Å². The van der Waals surface area contributed by atoms with Crippen molar-refractivity contribution in [3.8, 4) is 11.5 Å². The Hall–Kier alpha value is -2.00. The summed E-state index contributed by atoms with van der Waals surface area (Å²) < 4.78 is 16.6. The van der Waals surface area contributed by atoms with Crippen LogP contribution in [0.15, 0.2) is 48.5 Å². The lowest BCUT2D eigenvalue weighted by Crippen LogP contribution is -2.15. The molecule has 0 aliphatic heterocycles. The lowest BCUT2D eigenvalue weighted by Gasteiger charge is -2.27. The first-order valence-corrected chi connectivity index (χ1v) is 8.83. The summed E-state index contributed by atoms with van der Waals surface area (Å²) in [7, 11) is 1.69. The topological polar surface area (TPSA) is 27.7 Å². The molecule has 1 unspecified atom stereocenters. The van der Waals surface area contributed by atoms with Crippen molar-refractivity contribution in [2.24, 2.45) is 5.41 Å². The van der Waals surface area contributed by atoms with Gasteiger partial charge in [-0.1, -0.05) is 52.0 Å². The van der Waals surface area contributed by atoms with Crippen molar-refractivity contribution < 1.29 is 14.2 Å². The average Bonchev–Trinajstić information content (AvgIpc) is 2.59. The van der Waals surface area contributed by atoms with Gasteiger partial charge in [0.2, 0.25) is 0 Å². The van der Waals surface area contributed by atoms with E-state index in [-0.39, 0.29) is 5.41 Å². The molecule has 3 nitrogen and oxygen atoms in total. The standard InChI is InChI=1S/C22H30O3/c1-17(22(2,3)4)19-8-12-21(13-9-19)25-15-14-24-20-10-6-18(7-11-20)16-23-5/h6-13,17H,14-16H2,1-5H3. The molecule has 0 aliphatic carbocycles. The van der Waals surface area contributed by atoms with Gasteiger partial charge < -0.3 is 14.2 Å². The fourth-order valence-corrected chi connectivity index (χ4v) is 2.52. The summed E-state index contributed by atoms with van der Waals surface area (Å²) >= 11 is 0. The van der Waals surface area contributed by atoms with Crippen LogP contribution in [0.25, 0.3) is 0 Å². The number of hydrogen-bond donors (Lipinski definition) is 0. The van der Waals surface area contributed by atoms with Crippen LogP contribution in [0.2, 0.25) is 0 Å². The molecule has 0 saturated carbocycles. The molecule has 3 heteroatoms. The van der Waals surface area contributed by atoms with E-state index in [1.165, 1.54) is 5.56 Å². The molecule has 0 heterocycles. The van der Waals surface area contributed by atoms with Crippen molar-refractivity contribution >= 4 is 0 Å². The SMILES string of the molecule is COCc1ccc(OCCOc2ccc(C(C)C(C)(C)C)cc2)cc1. The minimum absolute atomic E-state index is 0.259. The van der Waals surface area contributed by atoms with Gasteiger partial charge in [0.25, 0.3) is 0 Å². The first kappa shape index (κ1) is 19.3. The third-order valence-corrected chi connectivity index (χ3v) is 4.53. The third kappa shape index (κ3) is 6.09. The summed E-state index contributed by atoms with van der Waals surface area (Å²) in [6, 6.07) is 16.3. The van der Waals surface area contributed by atoms with Crippen molar-refractivity contribution in [2.45, 2.75) is 40.2 Å². The Morgan fingerprint density at radius 2 is 1.28 bits per heavy atom. The Labute approximate surface area is 151 Å².